The summed E-state index contributed by atoms with van der Waals surface area (Å²) in [5, 5.41) is 33.0. The minimum atomic E-state index is -0.958. The molecule has 0 saturated heterocycles. The standard InChI is InChI=1S/C44H81NO4/c1-3-5-7-9-11-13-14-15-16-17-18-19-20-21-22-23-24-25-26-27-28-30-31-33-35-37-41(47)39-44(49)45-42(40-46)43(48)38-36-34-32-29-12-10-8-6-4-2/h4,6,12,21-22,29,36,38,41-43,46-48H,3,5,7-11,13-20,23-28,30-35,37,39-40H2,1-2H3,(H,45,49)/b6-4+,22-21-,29-12+,38-36+. The molecule has 0 aromatic heterocycles. The van der Waals surface area contributed by atoms with E-state index in [4.69, 9.17) is 0 Å². The molecule has 286 valence electrons. The normalized spacial score (nSPS) is 14.1. The summed E-state index contributed by atoms with van der Waals surface area (Å²) in [5.41, 5.74) is 0. The zero-order valence-electron chi connectivity index (χ0n) is 32.3. The molecule has 3 atom stereocenters. The Balaban J connectivity index is 3.59. The number of carbonyl (C=O) groups is 1. The first-order valence-electron chi connectivity index (χ1n) is 20.9. The Bertz CT molecular complexity index is 805. The van der Waals surface area contributed by atoms with Crippen molar-refractivity contribution in [3.05, 3.63) is 48.6 Å². The second kappa shape index (κ2) is 39.1. The minimum absolute atomic E-state index is 0.000458. The van der Waals surface area contributed by atoms with Crippen molar-refractivity contribution in [3.63, 3.8) is 0 Å². The molecule has 3 unspecified atom stereocenters. The number of hydrogen-bond acceptors (Lipinski definition) is 4. The molecule has 4 N–H and O–H groups in total. The van der Waals surface area contributed by atoms with Gasteiger partial charge in [0.2, 0.25) is 5.91 Å². The summed E-state index contributed by atoms with van der Waals surface area (Å²) < 4.78 is 0. The van der Waals surface area contributed by atoms with E-state index in [2.05, 4.69) is 48.7 Å². The minimum Gasteiger partial charge on any atom is -0.394 e. The van der Waals surface area contributed by atoms with Crippen molar-refractivity contribution < 1.29 is 20.1 Å². The van der Waals surface area contributed by atoms with E-state index in [1.807, 2.05) is 13.0 Å². The molecule has 5 nitrogen and oxygen atoms in total. The number of unbranched alkanes of at least 4 members (excludes halogenated alkanes) is 23. The number of hydrogen-bond donors (Lipinski definition) is 4. The van der Waals surface area contributed by atoms with Crippen molar-refractivity contribution in [1.82, 2.24) is 5.32 Å². The highest BCUT2D eigenvalue weighted by Gasteiger charge is 2.20. The lowest BCUT2D eigenvalue weighted by molar-refractivity contribution is -0.124. The fourth-order valence-corrected chi connectivity index (χ4v) is 6.20. The average molecular weight is 688 g/mol. The number of nitrogens with one attached hydrogen (secondary N) is 1. The first kappa shape index (κ1) is 47.3. The number of aliphatic hydroxyl groups excluding tert-OH is 3. The summed E-state index contributed by atoms with van der Waals surface area (Å²) in [5.74, 6) is -0.335. The summed E-state index contributed by atoms with van der Waals surface area (Å²) in [7, 11) is 0. The molecule has 0 fully saturated rings. The predicted octanol–water partition coefficient (Wildman–Crippen LogP) is 11.8. The highest BCUT2D eigenvalue weighted by Crippen LogP contribution is 2.15. The quantitative estimate of drug-likeness (QED) is 0.0386. The van der Waals surface area contributed by atoms with Crippen molar-refractivity contribution in [2.24, 2.45) is 0 Å². The zero-order valence-corrected chi connectivity index (χ0v) is 32.3. The second-order valence-corrected chi connectivity index (χ2v) is 14.2. The van der Waals surface area contributed by atoms with Crippen molar-refractivity contribution in [3.8, 4) is 0 Å². The highest BCUT2D eigenvalue weighted by molar-refractivity contribution is 5.76. The van der Waals surface area contributed by atoms with Gasteiger partial charge in [-0.1, -0.05) is 178 Å². The third-order valence-electron chi connectivity index (χ3n) is 9.41. The summed E-state index contributed by atoms with van der Waals surface area (Å²) in [6.45, 7) is 3.96. The lowest BCUT2D eigenvalue weighted by Gasteiger charge is -2.21. The molecule has 49 heavy (non-hydrogen) atoms. The molecule has 0 heterocycles. The van der Waals surface area contributed by atoms with Gasteiger partial charge in [0.25, 0.3) is 0 Å². The molecular weight excluding hydrogens is 606 g/mol. The van der Waals surface area contributed by atoms with Gasteiger partial charge in [-0.15, -0.1) is 0 Å². The molecule has 0 aliphatic heterocycles. The Morgan fingerprint density at radius 2 is 0.959 bits per heavy atom. The summed E-state index contributed by atoms with van der Waals surface area (Å²) in [6, 6.07) is -0.766. The number of carbonyl (C=O) groups excluding carboxylic acids is 1. The SMILES string of the molecule is C/C=C/CC/C=C/CC/C=C/C(O)C(CO)NC(=O)CC(O)CCCCCCCCCCC/C=C\CCCCCCCCCCCCCC. The number of amides is 1. The van der Waals surface area contributed by atoms with Crippen LogP contribution < -0.4 is 5.32 Å². The Kier molecular flexibility index (Phi) is 37.8. The van der Waals surface area contributed by atoms with Crippen molar-refractivity contribution in [2.75, 3.05) is 6.61 Å². The molecule has 0 aromatic rings. The van der Waals surface area contributed by atoms with E-state index in [0.29, 0.717) is 6.42 Å². The Labute approximate surface area is 304 Å². The summed E-state index contributed by atoms with van der Waals surface area (Å²) in [6.07, 6.45) is 50.0. The lowest BCUT2D eigenvalue weighted by atomic mass is 10.0. The third kappa shape index (κ3) is 35.9. The molecule has 1 amide bonds. The van der Waals surface area contributed by atoms with Gasteiger partial charge in [0.15, 0.2) is 0 Å². The zero-order chi connectivity index (χ0) is 35.9. The van der Waals surface area contributed by atoms with Crippen LogP contribution in [0.4, 0.5) is 0 Å². The van der Waals surface area contributed by atoms with Crippen LogP contribution in [-0.2, 0) is 4.79 Å². The van der Waals surface area contributed by atoms with Crippen molar-refractivity contribution in [2.45, 2.75) is 218 Å². The molecule has 0 aliphatic carbocycles. The lowest BCUT2D eigenvalue weighted by Crippen LogP contribution is -2.45. The Morgan fingerprint density at radius 1 is 0.551 bits per heavy atom. The largest absolute Gasteiger partial charge is 0.394 e. The van der Waals surface area contributed by atoms with E-state index in [0.717, 1.165) is 38.5 Å². The first-order valence-corrected chi connectivity index (χ1v) is 20.9. The maximum Gasteiger partial charge on any atom is 0.222 e. The van der Waals surface area contributed by atoms with E-state index in [1.165, 1.54) is 135 Å². The number of allylic oxidation sites excluding steroid dienone is 7. The smallest absolute Gasteiger partial charge is 0.222 e. The van der Waals surface area contributed by atoms with Gasteiger partial charge in [-0.25, -0.2) is 0 Å². The van der Waals surface area contributed by atoms with E-state index in [9.17, 15) is 20.1 Å². The van der Waals surface area contributed by atoms with Gasteiger partial charge in [-0.3, -0.25) is 4.79 Å². The van der Waals surface area contributed by atoms with E-state index in [1.54, 1.807) is 6.08 Å². The van der Waals surface area contributed by atoms with Crippen LogP contribution in [0.3, 0.4) is 0 Å². The van der Waals surface area contributed by atoms with Crippen LogP contribution in [0.25, 0.3) is 0 Å². The van der Waals surface area contributed by atoms with Crippen LogP contribution in [-0.4, -0.2) is 46.1 Å². The molecule has 0 rings (SSSR count). The van der Waals surface area contributed by atoms with Crippen LogP contribution in [0, 0.1) is 0 Å². The fourth-order valence-electron chi connectivity index (χ4n) is 6.20. The molecule has 0 aliphatic rings. The van der Waals surface area contributed by atoms with E-state index < -0.39 is 18.2 Å². The van der Waals surface area contributed by atoms with Crippen LogP contribution in [0.2, 0.25) is 0 Å². The van der Waals surface area contributed by atoms with Gasteiger partial charge in [-0.05, 0) is 64.7 Å². The first-order chi connectivity index (χ1) is 24.0. The summed E-state index contributed by atoms with van der Waals surface area (Å²) >= 11 is 0. The average Bonchev–Trinajstić information content (AvgIpc) is 3.09. The highest BCUT2D eigenvalue weighted by atomic mass is 16.3. The van der Waals surface area contributed by atoms with Crippen LogP contribution in [0.15, 0.2) is 48.6 Å². The Hall–Kier alpha value is -1.69. The summed E-state index contributed by atoms with van der Waals surface area (Å²) in [4.78, 5) is 12.4. The molecule has 0 saturated carbocycles. The van der Waals surface area contributed by atoms with Gasteiger partial charge in [-0.2, -0.15) is 0 Å². The Morgan fingerprint density at radius 3 is 1.43 bits per heavy atom. The van der Waals surface area contributed by atoms with Crippen LogP contribution in [0.1, 0.15) is 200 Å². The van der Waals surface area contributed by atoms with E-state index in [-0.39, 0.29) is 18.9 Å². The third-order valence-corrected chi connectivity index (χ3v) is 9.41. The van der Waals surface area contributed by atoms with Crippen LogP contribution >= 0.6 is 0 Å². The monoisotopic (exact) mass is 688 g/mol. The van der Waals surface area contributed by atoms with Crippen LogP contribution in [0.5, 0.6) is 0 Å². The molecule has 0 aromatic carbocycles. The topological polar surface area (TPSA) is 89.8 Å². The maximum atomic E-state index is 12.4. The molecule has 0 radical (unpaired) electrons. The maximum absolute atomic E-state index is 12.4. The van der Waals surface area contributed by atoms with Gasteiger partial charge in [0.05, 0.1) is 31.3 Å². The predicted molar refractivity (Wildman–Crippen MR) is 213 cm³/mol. The van der Waals surface area contributed by atoms with Gasteiger partial charge in [0, 0.05) is 0 Å². The number of rotatable bonds is 37. The fraction of sp³-hybridized carbons (Fsp3) is 0.795. The van der Waals surface area contributed by atoms with Gasteiger partial charge in [0.1, 0.15) is 0 Å². The van der Waals surface area contributed by atoms with Crippen molar-refractivity contribution in [1.29, 1.82) is 0 Å². The van der Waals surface area contributed by atoms with Gasteiger partial charge < -0.3 is 20.6 Å². The molecular formula is C44H81NO4. The number of aliphatic hydroxyl groups is 3. The van der Waals surface area contributed by atoms with Crippen molar-refractivity contribution >= 4 is 5.91 Å². The molecule has 0 bridgehead atoms. The molecule has 0 spiro atoms. The van der Waals surface area contributed by atoms with Gasteiger partial charge >= 0.3 is 0 Å². The van der Waals surface area contributed by atoms with E-state index >= 15 is 0 Å². The molecule has 5 heteroatoms. The second-order valence-electron chi connectivity index (χ2n) is 14.2.